The highest BCUT2D eigenvalue weighted by atomic mass is 28.4. The van der Waals surface area contributed by atoms with Gasteiger partial charge in [0.05, 0.1) is 17.2 Å². The maximum absolute atomic E-state index is 15.7. The fourth-order valence-electron chi connectivity index (χ4n) is 8.32. The lowest BCUT2D eigenvalue weighted by molar-refractivity contribution is -0.140. The predicted molar refractivity (Wildman–Crippen MR) is 207 cm³/mol. The number of rotatable bonds is 10. The Hall–Kier alpha value is -5.05. The number of carbonyl (C=O) groups is 3. The van der Waals surface area contributed by atoms with E-state index in [0.717, 1.165) is 11.6 Å². The highest BCUT2D eigenvalue weighted by Crippen LogP contribution is 2.60. The van der Waals surface area contributed by atoms with Gasteiger partial charge in [0.2, 0.25) is 11.6 Å². The summed E-state index contributed by atoms with van der Waals surface area (Å²) >= 11 is 0. The molecule has 57 heavy (non-hydrogen) atoms. The van der Waals surface area contributed by atoms with E-state index in [1.54, 1.807) is 49.3 Å². The molecule has 3 aromatic carbocycles. The van der Waals surface area contributed by atoms with E-state index in [2.05, 4.69) is 5.16 Å². The number of aromatic nitrogens is 1. The molecule has 7 rings (SSSR count). The van der Waals surface area contributed by atoms with Crippen LogP contribution in [-0.2, 0) is 35.0 Å². The first-order valence-corrected chi connectivity index (χ1v) is 21.7. The zero-order valence-electron chi connectivity index (χ0n) is 32.8. The Morgan fingerprint density at radius 2 is 1.54 bits per heavy atom. The Kier molecular flexibility index (Phi) is 10.1. The first kappa shape index (κ1) is 40.2. The van der Waals surface area contributed by atoms with Gasteiger partial charge in [0, 0.05) is 17.1 Å². The third kappa shape index (κ3) is 6.70. The van der Waals surface area contributed by atoms with Crippen LogP contribution in [-0.4, -0.2) is 61.0 Å². The van der Waals surface area contributed by atoms with Gasteiger partial charge in [-0.3, -0.25) is 19.3 Å². The lowest BCUT2D eigenvalue weighted by atomic mass is 9.57. The molecule has 10 nitrogen and oxygen atoms in total. The van der Waals surface area contributed by atoms with Gasteiger partial charge in [0.25, 0.3) is 5.88 Å². The Morgan fingerprint density at radius 1 is 0.947 bits per heavy atom. The molecule has 0 saturated heterocycles. The van der Waals surface area contributed by atoms with E-state index < -0.39 is 71.5 Å². The van der Waals surface area contributed by atoms with Gasteiger partial charge in [-0.1, -0.05) is 81.4 Å². The summed E-state index contributed by atoms with van der Waals surface area (Å²) in [6.07, 6.45) is -5.32. The molecule has 300 valence electrons. The SMILES string of the molecule is CN(C)[C@@H]1c2onc(OCc3ccccc3)c2C(=O)C2(O[Si](C)(C)C(C)(C)C)C(=O)C3=C(O)c4c(OCc5ccccc5)cc(C=O)c(C(F)(F)F)c4C[C@H]3C[C@@H]12. The average Bonchev–Trinajstić information content (AvgIpc) is 3.56. The van der Waals surface area contributed by atoms with Crippen molar-refractivity contribution in [3.63, 3.8) is 0 Å². The number of halogens is 3. The van der Waals surface area contributed by atoms with Gasteiger partial charge in [0.1, 0.15) is 30.3 Å². The summed E-state index contributed by atoms with van der Waals surface area (Å²) in [7, 11) is 0.411. The summed E-state index contributed by atoms with van der Waals surface area (Å²) in [5, 5.41) is 16.0. The number of benzene rings is 3. The van der Waals surface area contributed by atoms with Crippen LogP contribution in [0.5, 0.6) is 11.6 Å². The number of ketones is 2. The Labute approximate surface area is 329 Å². The number of carbonyl (C=O) groups excluding carboxylic acids is 3. The zero-order chi connectivity index (χ0) is 41.2. The minimum Gasteiger partial charge on any atom is -0.507 e. The van der Waals surface area contributed by atoms with Crippen LogP contribution < -0.4 is 9.47 Å². The molecule has 3 aliphatic carbocycles. The maximum atomic E-state index is 15.7. The topological polar surface area (TPSA) is 128 Å². The van der Waals surface area contributed by atoms with Crippen molar-refractivity contribution in [1.29, 1.82) is 0 Å². The number of fused-ring (bicyclic) bond motifs is 4. The molecule has 0 aliphatic heterocycles. The van der Waals surface area contributed by atoms with Gasteiger partial charge in [-0.25, -0.2) is 0 Å². The first-order valence-electron chi connectivity index (χ1n) is 18.8. The van der Waals surface area contributed by atoms with Crippen molar-refractivity contribution in [2.75, 3.05) is 14.1 Å². The fraction of sp³-hybridized carbons (Fsp3) is 0.395. The van der Waals surface area contributed by atoms with Crippen molar-refractivity contribution in [2.24, 2.45) is 11.8 Å². The lowest BCUT2D eigenvalue weighted by Crippen LogP contribution is -2.68. The molecule has 0 radical (unpaired) electrons. The second-order valence-corrected chi connectivity index (χ2v) is 21.5. The van der Waals surface area contributed by atoms with Gasteiger partial charge < -0.3 is 23.5 Å². The zero-order valence-corrected chi connectivity index (χ0v) is 33.8. The van der Waals surface area contributed by atoms with E-state index in [1.807, 2.05) is 64.2 Å². The van der Waals surface area contributed by atoms with Crippen molar-refractivity contribution in [3.05, 3.63) is 117 Å². The van der Waals surface area contributed by atoms with E-state index in [-0.39, 0.29) is 72.0 Å². The molecule has 4 atom stereocenters. The van der Waals surface area contributed by atoms with Gasteiger partial charge in [-0.05, 0) is 78.9 Å². The molecule has 1 aromatic heterocycles. The van der Waals surface area contributed by atoms with Crippen molar-refractivity contribution in [3.8, 4) is 11.6 Å². The molecule has 4 aromatic rings. The normalized spacial score (nSPS) is 22.1. The van der Waals surface area contributed by atoms with Crippen LogP contribution in [0, 0.1) is 11.8 Å². The van der Waals surface area contributed by atoms with E-state index in [1.165, 1.54) is 0 Å². The molecule has 1 saturated carbocycles. The van der Waals surface area contributed by atoms with Crippen LogP contribution in [0.25, 0.3) is 5.76 Å². The molecular weight excluding hydrogens is 758 g/mol. The van der Waals surface area contributed by atoms with Crippen LogP contribution in [0.15, 0.2) is 76.8 Å². The number of ether oxygens (including phenoxy) is 2. The van der Waals surface area contributed by atoms with Crippen molar-refractivity contribution < 1.29 is 51.1 Å². The summed E-state index contributed by atoms with van der Waals surface area (Å²) in [6.45, 7) is 9.63. The minimum absolute atomic E-state index is 0.0358. The van der Waals surface area contributed by atoms with E-state index >= 15 is 9.59 Å². The standard InChI is InChI=1S/C43H45F3N2O8Si/c1-41(2,3)57(6,7)56-42-29(35(48(4)5)37-33(39(42)52)40(47-55-37)54-23-25-16-12-9-13-17-25)19-26-18-28-32(36(50)31(26)38(42)51)30(53-22-24-14-10-8-11-15-24)20-27(21-49)34(28)43(44,45)46/h8-17,20-21,26,29,35,50H,18-19,22-23H2,1-7H3/t26-,29-,35-,42?/m0/s1. The number of aldehydes is 1. The third-order valence-electron chi connectivity index (χ3n) is 12.0. The second kappa shape index (κ2) is 14.4. The minimum atomic E-state index is -5.00. The van der Waals surface area contributed by atoms with Crippen LogP contribution in [0.4, 0.5) is 13.2 Å². The quantitative estimate of drug-likeness (QED) is 0.0943. The summed E-state index contributed by atoms with van der Waals surface area (Å²) in [5.41, 5.74) is -3.67. The number of aliphatic hydroxyl groups is 1. The molecule has 14 heteroatoms. The van der Waals surface area contributed by atoms with Gasteiger partial charge >= 0.3 is 6.18 Å². The van der Waals surface area contributed by atoms with Crippen molar-refractivity contribution in [1.82, 2.24) is 10.1 Å². The van der Waals surface area contributed by atoms with Crippen molar-refractivity contribution >= 4 is 31.9 Å². The Bertz CT molecular complexity index is 2260. The van der Waals surface area contributed by atoms with Gasteiger partial charge in [-0.2, -0.15) is 13.2 Å². The largest absolute Gasteiger partial charge is 0.507 e. The van der Waals surface area contributed by atoms with Crippen LogP contribution >= 0.6 is 0 Å². The maximum Gasteiger partial charge on any atom is 0.417 e. The number of alkyl halides is 3. The Balaban J connectivity index is 1.45. The monoisotopic (exact) mass is 802 g/mol. The van der Waals surface area contributed by atoms with Crippen LogP contribution in [0.1, 0.15) is 87.5 Å². The van der Waals surface area contributed by atoms with E-state index in [9.17, 15) is 23.1 Å². The average molecular weight is 803 g/mol. The summed E-state index contributed by atoms with van der Waals surface area (Å²) < 4.78 is 70.0. The number of hydrogen-bond acceptors (Lipinski definition) is 10. The van der Waals surface area contributed by atoms with Gasteiger partial charge in [0.15, 0.2) is 26.0 Å². The van der Waals surface area contributed by atoms with Crippen LogP contribution in [0.3, 0.4) is 0 Å². The van der Waals surface area contributed by atoms with Crippen molar-refractivity contribution in [2.45, 2.75) is 82.8 Å². The molecule has 1 heterocycles. The number of hydrogen-bond donors (Lipinski definition) is 1. The second-order valence-electron chi connectivity index (χ2n) is 16.8. The summed E-state index contributed by atoms with van der Waals surface area (Å²) in [4.78, 5) is 45.1. The molecular formula is C43H45F3N2O8Si. The van der Waals surface area contributed by atoms with E-state index in [0.29, 0.717) is 5.56 Å². The molecule has 0 spiro atoms. The van der Waals surface area contributed by atoms with Crippen LogP contribution in [0.2, 0.25) is 18.1 Å². The number of aliphatic hydroxyl groups excluding tert-OH is 1. The molecule has 1 N–H and O–H groups in total. The smallest absolute Gasteiger partial charge is 0.417 e. The fourth-order valence-corrected chi connectivity index (χ4v) is 9.77. The predicted octanol–water partition coefficient (Wildman–Crippen LogP) is 8.95. The third-order valence-corrected chi connectivity index (χ3v) is 16.4. The van der Waals surface area contributed by atoms with E-state index in [4.69, 9.17) is 18.4 Å². The first-order chi connectivity index (χ1) is 26.8. The summed E-state index contributed by atoms with van der Waals surface area (Å²) in [5.74, 6) is -4.55. The molecule has 1 fully saturated rings. The molecule has 1 unspecified atom stereocenters. The van der Waals surface area contributed by atoms with Gasteiger partial charge in [-0.15, -0.1) is 0 Å². The molecule has 3 aliphatic rings. The summed E-state index contributed by atoms with van der Waals surface area (Å²) in [6, 6.07) is 18.2. The Morgan fingerprint density at radius 3 is 2.09 bits per heavy atom. The molecule has 0 bridgehead atoms. The highest BCUT2D eigenvalue weighted by molar-refractivity contribution is 6.74. The highest BCUT2D eigenvalue weighted by Gasteiger charge is 2.69. The lowest BCUT2D eigenvalue weighted by Gasteiger charge is -2.55. The number of Topliss-reactive ketones (excluding diaryl/α,β-unsaturated/α-hetero) is 2. The number of nitrogens with zero attached hydrogens (tertiary/aromatic N) is 2. The molecule has 0 amide bonds.